The van der Waals surface area contributed by atoms with Gasteiger partial charge >= 0.3 is 6.03 Å². The van der Waals surface area contributed by atoms with Gasteiger partial charge in [-0.15, -0.1) is 0 Å². The molecule has 1 unspecified atom stereocenters. The van der Waals surface area contributed by atoms with Crippen molar-refractivity contribution in [2.75, 3.05) is 33.8 Å². The lowest BCUT2D eigenvalue weighted by Gasteiger charge is -2.34. The lowest BCUT2D eigenvalue weighted by Crippen LogP contribution is -2.47. The van der Waals surface area contributed by atoms with Gasteiger partial charge in [0.25, 0.3) is 0 Å². The van der Waals surface area contributed by atoms with Crippen molar-refractivity contribution < 1.29 is 9.53 Å². The number of carbonyl (C=O) groups is 1. The highest BCUT2D eigenvalue weighted by molar-refractivity contribution is 5.73. The topological polar surface area (TPSA) is 32.8 Å². The lowest BCUT2D eigenvalue weighted by atomic mass is 10.1. The number of urea groups is 1. The minimum absolute atomic E-state index is 0.0920. The highest BCUT2D eigenvalue weighted by atomic mass is 16.5. The molecule has 0 aromatic rings. The number of hydrogen-bond acceptors (Lipinski definition) is 2. The van der Waals surface area contributed by atoms with Crippen molar-refractivity contribution >= 4 is 6.03 Å². The van der Waals surface area contributed by atoms with E-state index >= 15 is 0 Å². The van der Waals surface area contributed by atoms with E-state index in [-0.39, 0.29) is 12.1 Å². The van der Waals surface area contributed by atoms with Crippen molar-refractivity contribution in [1.82, 2.24) is 9.80 Å². The molecule has 0 N–H and O–H groups in total. The molecule has 0 spiro atoms. The summed E-state index contributed by atoms with van der Waals surface area (Å²) in [6, 6.07) is 0.0920. The van der Waals surface area contributed by atoms with Gasteiger partial charge in [-0.1, -0.05) is 0 Å². The summed E-state index contributed by atoms with van der Waals surface area (Å²) in [5.74, 6) is 0. The highest BCUT2D eigenvalue weighted by Crippen LogP contribution is 2.13. The van der Waals surface area contributed by atoms with Gasteiger partial charge in [0.05, 0.1) is 6.10 Å². The van der Waals surface area contributed by atoms with Crippen LogP contribution in [0, 0.1) is 0 Å². The summed E-state index contributed by atoms with van der Waals surface area (Å²) < 4.78 is 5.53. The molecule has 1 atom stereocenters. The maximum atomic E-state index is 11.6. The van der Waals surface area contributed by atoms with Crippen LogP contribution in [0.15, 0.2) is 0 Å². The molecule has 4 heteroatoms. The highest BCUT2D eigenvalue weighted by Gasteiger charge is 2.24. The molecular formula is C10H20N2O2. The van der Waals surface area contributed by atoms with Crippen LogP contribution < -0.4 is 0 Å². The number of rotatable bonds is 2. The van der Waals surface area contributed by atoms with Crippen LogP contribution in [0.2, 0.25) is 0 Å². The van der Waals surface area contributed by atoms with E-state index in [2.05, 4.69) is 0 Å². The quantitative estimate of drug-likeness (QED) is 0.670. The lowest BCUT2D eigenvalue weighted by molar-refractivity contribution is 0.0134. The van der Waals surface area contributed by atoms with E-state index in [9.17, 15) is 4.79 Å². The average Bonchev–Trinajstić information content (AvgIpc) is 2.17. The fourth-order valence-electron chi connectivity index (χ4n) is 1.77. The number of amides is 2. The van der Waals surface area contributed by atoms with Crippen LogP contribution in [0.4, 0.5) is 4.79 Å². The molecule has 0 bridgehead atoms. The fourth-order valence-corrected chi connectivity index (χ4v) is 1.77. The molecule has 0 saturated carbocycles. The molecule has 1 saturated heterocycles. The minimum Gasteiger partial charge on any atom is -0.377 e. The van der Waals surface area contributed by atoms with Crippen LogP contribution in [0.3, 0.4) is 0 Å². The summed E-state index contributed by atoms with van der Waals surface area (Å²) in [7, 11) is 3.57. The zero-order chi connectivity index (χ0) is 10.6. The minimum atomic E-state index is 0.0920. The molecule has 0 aromatic carbocycles. The van der Waals surface area contributed by atoms with Crippen molar-refractivity contribution in [3.05, 3.63) is 0 Å². The molecule has 1 fully saturated rings. The largest absolute Gasteiger partial charge is 0.377 e. The van der Waals surface area contributed by atoms with E-state index in [0.29, 0.717) is 0 Å². The molecule has 1 aliphatic rings. The third-order valence-electron chi connectivity index (χ3n) is 2.43. The predicted molar refractivity (Wildman–Crippen MR) is 55.3 cm³/mol. The number of nitrogens with zero attached hydrogens (tertiary/aromatic N) is 2. The van der Waals surface area contributed by atoms with Gasteiger partial charge in [-0.2, -0.15) is 0 Å². The van der Waals surface area contributed by atoms with Gasteiger partial charge in [0.15, 0.2) is 0 Å². The van der Waals surface area contributed by atoms with Crippen LogP contribution in [0.5, 0.6) is 0 Å². The third kappa shape index (κ3) is 2.87. The first-order chi connectivity index (χ1) is 6.65. The second kappa shape index (κ2) is 5.20. The monoisotopic (exact) mass is 200 g/mol. The molecular weight excluding hydrogens is 180 g/mol. The summed E-state index contributed by atoms with van der Waals surface area (Å²) in [4.78, 5) is 15.1. The Kier molecular flexibility index (Phi) is 4.20. The normalized spacial score (nSPS) is 22.2. The molecule has 82 valence electrons. The van der Waals surface area contributed by atoms with Gasteiger partial charge in [-0.05, 0) is 19.8 Å². The molecule has 1 rings (SSSR count). The van der Waals surface area contributed by atoms with Crippen LogP contribution >= 0.6 is 0 Å². The smallest absolute Gasteiger partial charge is 0.319 e. The molecule has 1 heterocycles. The van der Waals surface area contributed by atoms with Crippen molar-refractivity contribution in [3.63, 3.8) is 0 Å². The summed E-state index contributed by atoms with van der Waals surface area (Å²) in [6.45, 7) is 4.33. The predicted octanol–water partition coefficient (Wildman–Crippen LogP) is 1.17. The van der Waals surface area contributed by atoms with Gasteiger partial charge in [0, 0.05) is 33.8 Å². The van der Waals surface area contributed by atoms with Crippen LogP contribution in [0.25, 0.3) is 0 Å². The van der Waals surface area contributed by atoms with Crippen molar-refractivity contribution in [1.29, 1.82) is 0 Å². The second-order valence-electron chi connectivity index (χ2n) is 3.84. The number of hydrogen-bond donors (Lipinski definition) is 0. The van der Waals surface area contributed by atoms with E-state index in [4.69, 9.17) is 4.74 Å². The van der Waals surface area contributed by atoms with E-state index < -0.39 is 0 Å². The first kappa shape index (κ1) is 11.3. The standard InChI is InChI=1S/C10H20N2O2/c1-4-14-9-6-5-7-12(8-9)10(13)11(2)3/h9H,4-8H2,1-3H3. The Morgan fingerprint density at radius 1 is 1.57 bits per heavy atom. The summed E-state index contributed by atoms with van der Waals surface area (Å²) in [6.07, 6.45) is 2.35. The number of likely N-dealkylation sites (tertiary alicyclic amines) is 1. The van der Waals surface area contributed by atoms with Crippen LogP contribution in [-0.4, -0.2) is 55.7 Å². The number of piperidine rings is 1. The summed E-state index contributed by atoms with van der Waals surface area (Å²) >= 11 is 0. The van der Waals surface area contributed by atoms with Crippen LogP contribution in [-0.2, 0) is 4.74 Å². The summed E-state index contributed by atoms with van der Waals surface area (Å²) in [5, 5.41) is 0. The number of ether oxygens (including phenoxy) is 1. The molecule has 14 heavy (non-hydrogen) atoms. The van der Waals surface area contributed by atoms with E-state index in [1.165, 1.54) is 0 Å². The average molecular weight is 200 g/mol. The summed E-state index contributed by atoms with van der Waals surface area (Å²) in [5.41, 5.74) is 0. The maximum absolute atomic E-state index is 11.6. The molecule has 0 aromatic heterocycles. The molecule has 0 aliphatic carbocycles. The first-order valence-electron chi connectivity index (χ1n) is 5.23. The zero-order valence-electron chi connectivity index (χ0n) is 9.32. The second-order valence-corrected chi connectivity index (χ2v) is 3.84. The van der Waals surface area contributed by atoms with Crippen molar-refractivity contribution in [2.24, 2.45) is 0 Å². The Balaban J connectivity index is 2.43. The van der Waals surface area contributed by atoms with Gasteiger partial charge in [-0.3, -0.25) is 0 Å². The Morgan fingerprint density at radius 2 is 2.29 bits per heavy atom. The fraction of sp³-hybridized carbons (Fsp3) is 0.900. The van der Waals surface area contributed by atoms with Crippen molar-refractivity contribution in [3.8, 4) is 0 Å². The maximum Gasteiger partial charge on any atom is 0.319 e. The SMILES string of the molecule is CCOC1CCCN(C(=O)N(C)C)C1. The molecule has 4 nitrogen and oxygen atoms in total. The molecule has 1 aliphatic heterocycles. The number of carbonyl (C=O) groups excluding carboxylic acids is 1. The Bertz CT molecular complexity index is 193. The Labute approximate surface area is 85.8 Å². The van der Waals surface area contributed by atoms with E-state index in [1.807, 2.05) is 11.8 Å². The van der Waals surface area contributed by atoms with Gasteiger partial charge in [0.2, 0.25) is 0 Å². The van der Waals surface area contributed by atoms with Crippen molar-refractivity contribution in [2.45, 2.75) is 25.9 Å². The van der Waals surface area contributed by atoms with E-state index in [0.717, 1.165) is 32.5 Å². The van der Waals surface area contributed by atoms with E-state index in [1.54, 1.807) is 19.0 Å². The van der Waals surface area contributed by atoms with Crippen LogP contribution in [0.1, 0.15) is 19.8 Å². The first-order valence-corrected chi connectivity index (χ1v) is 5.23. The third-order valence-corrected chi connectivity index (χ3v) is 2.43. The Hall–Kier alpha value is -0.770. The van der Waals surface area contributed by atoms with Gasteiger partial charge in [0.1, 0.15) is 0 Å². The molecule has 0 radical (unpaired) electrons. The van der Waals surface area contributed by atoms with Gasteiger partial charge < -0.3 is 14.5 Å². The zero-order valence-corrected chi connectivity index (χ0v) is 9.32. The van der Waals surface area contributed by atoms with Gasteiger partial charge in [-0.25, -0.2) is 4.79 Å². The molecule has 2 amide bonds. The Morgan fingerprint density at radius 3 is 2.86 bits per heavy atom.